The number of carbonyl (C=O) groups is 1. The number of aryl methyl sites for hydroxylation is 3. The highest BCUT2D eigenvalue weighted by Crippen LogP contribution is 2.35. The van der Waals surface area contributed by atoms with Gasteiger partial charge in [-0.2, -0.15) is 5.10 Å². The molecule has 42 heavy (non-hydrogen) atoms. The minimum absolute atomic E-state index is 0.263. The maximum absolute atomic E-state index is 13.0. The SMILES string of the molecule is Cc1ccc(-n2c(-c3ccccc3)cc(C=NNC(=O)c3ccc(-n4c(C)ccc4C)cc3)c2-c2ccccc2)cc1. The molecule has 0 aliphatic rings. The van der Waals surface area contributed by atoms with E-state index < -0.39 is 0 Å². The van der Waals surface area contributed by atoms with Crippen LogP contribution in [-0.2, 0) is 0 Å². The summed E-state index contributed by atoms with van der Waals surface area (Å²) in [6.07, 6.45) is 1.73. The lowest BCUT2D eigenvalue weighted by molar-refractivity contribution is 0.0955. The molecule has 0 saturated heterocycles. The Morgan fingerprint density at radius 3 is 1.81 bits per heavy atom. The zero-order valence-corrected chi connectivity index (χ0v) is 24.0. The average Bonchev–Trinajstić information content (AvgIpc) is 3.57. The first-order valence-electron chi connectivity index (χ1n) is 14.0. The van der Waals surface area contributed by atoms with E-state index in [1.807, 2.05) is 60.7 Å². The Labute approximate surface area is 246 Å². The third-order valence-corrected chi connectivity index (χ3v) is 7.47. The molecular formula is C37H32N4O. The van der Waals surface area contributed by atoms with Crippen molar-refractivity contribution in [2.45, 2.75) is 20.8 Å². The first-order valence-corrected chi connectivity index (χ1v) is 14.0. The molecule has 1 amide bonds. The van der Waals surface area contributed by atoms with Gasteiger partial charge < -0.3 is 9.13 Å². The van der Waals surface area contributed by atoms with Crippen molar-refractivity contribution in [1.29, 1.82) is 0 Å². The summed E-state index contributed by atoms with van der Waals surface area (Å²) in [5, 5.41) is 4.42. The van der Waals surface area contributed by atoms with Crippen LogP contribution < -0.4 is 5.43 Å². The Kier molecular flexibility index (Phi) is 7.39. The van der Waals surface area contributed by atoms with Crippen LogP contribution in [0.5, 0.6) is 0 Å². The van der Waals surface area contributed by atoms with E-state index in [0.717, 1.165) is 50.8 Å². The molecule has 0 atom stereocenters. The predicted octanol–water partition coefficient (Wildman–Crippen LogP) is 8.29. The molecule has 2 aromatic heterocycles. The lowest BCUT2D eigenvalue weighted by Crippen LogP contribution is -2.17. The van der Waals surface area contributed by atoms with Crippen LogP contribution >= 0.6 is 0 Å². The summed E-state index contributed by atoms with van der Waals surface area (Å²) < 4.78 is 4.42. The van der Waals surface area contributed by atoms with Gasteiger partial charge in [-0.15, -0.1) is 0 Å². The highest BCUT2D eigenvalue weighted by atomic mass is 16.2. The van der Waals surface area contributed by atoms with Crippen LogP contribution in [0.3, 0.4) is 0 Å². The van der Waals surface area contributed by atoms with Gasteiger partial charge in [0.2, 0.25) is 0 Å². The van der Waals surface area contributed by atoms with E-state index in [0.29, 0.717) is 5.56 Å². The Balaban J connectivity index is 1.36. The Morgan fingerprint density at radius 2 is 1.19 bits per heavy atom. The Morgan fingerprint density at radius 1 is 0.643 bits per heavy atom. The van der Waals surface area contributed by atoms with E-state index in [-0.39, 0.29) is 5.91 Å². The molecular weight excluding hydrogens is 516 g/mol. The molecule has 4 aromatic carbocycles. The van der Waals surface area contributed by atoms with Gasteiger partial charge in [0.25, 0.3) is 5.91 Å². The van der Waals surface area contributed by atoms with Crippen LogP contribution in [0.15, 0.2) is 132 Å². The summed E-state index contributed by atoms with van der Waals surface area (Å²) in [4.78, 5) is 13.0. The van der Waals surface area contributed by atoms with Crippen molar-refractivity contribution in [1.82, 2.24) is 14.6 Å². The maximum atomic E-state index is 13.0. The second kappa shape index (κ2) is 11.6. The van der Waals surface area contributed by atoms with Crippen LogP contribution in [0.2, 0.25) is 0 Å². The molecule has 5 heteroatoms. The second-order valence-corrected chi connectivity index (χ2v) is 10.4. The summed E-state index contributed by atoms with van der Waals surface area (Å²) in [5.74, 6) is -0.263. The fraction of sp³-hybridized carbons (Fsp3) is 0.0811. The topological polar surface area (TPSA) is 51.3 Å². The molecule has 0 fully saturated rings. The number of benzene rings is 4. The number of rotatable bonds is 7. The number of carbonyl (C=O) groups excluding carboxylic acids is 1. The van der Waals surface area contributed by atoms with Crippen LogP contribution in [-0.4, -0.2) is 21.3 Å². The number of nitrogens with one attached hydrogen (secondary N) is 1. The lowest BCUT2D eigenvalue weighted by Gasteiger charge is -2.15. The Hall–Kier alpha value is -5.42. The Bertz CT molecular complexity index is 1840. The van der Waals surface area contributed by atoms with Crippen LogP contribution in [0.1, 0.15) is 32.9 Å². The molecule has 2 heterocycles. The summed E-state index contributed by atoms with van der Waals surface area (Å²) in [7, 11) is 0. The molecule has 1 N–H and O–H groups in total. The molecule has 6 aromatic rings. The maximum Gasteiger partial charge on any atom is 0.271 e. The standard InChI is InChI=1S/C37H32N4O/c1-26-14-20-34(21-15-26)41-35(29-10-6-4-7-11-29)24-32(36(41)30-12-8-5-9-13-30)25-38-39-37(42)31-18-22-33(23-19-31)40-27(2)16-17-28(40)3/h4-25H,1-3H3,(H,39,42). The van der Waals surface area contributed by atoms with Gasteiger partial charge in [0.15, 0.2) is 0 Å². The number of amides is 1. The largest absolute Gasteiger partial charge is 0.319 e. The van der Waals surface area contributed by atoms with Crippen molar-refractivity contribution < 1.29 is 4.79 Å². The average molecular weight is 549 g/mol. The number of aromatic nitrogens is 2. The quantitative estimate of drug-likeness (QED) is 0.158. The van der Waals surface area contributed by atoms with E-state index in [9.17, 15) is 4.79 Å². The summed E-state index contributed by atoms with van der Waals surface area (Å²) in [6, 6.07) is 43.0. The van der Waals surface area contributed by atoms with Gasteiger partial charge in [-0.25, -0.2) is 5.43 Å². The van der Waals surface area contributed by atoms with E-state index in [1.165, 1.54) is 5.56 Å². The highest BCUT2D eigenvalue weighted by molar-refractivity contribution is 5.97. The lowest BCUT2D eigenvalue weighted by atomic mass is 10.1. The monoisotopic (exact) mass is 548 g/mol. The van der Waals surface area contributed by atoms with Gasteiger partial charge in [0, 0.05) is 33.9 Å². The fourth-order valence-corrected chi connectivity index (χ4v) is 5.37. The molecule has 0 unspecified atom stereocenters. The smallest absolute Gasteiger partial charge is 0.271 e. The van der Waals surface area contributed by atoms with Gasteiger partial charge in [-0.3, -0.25) is 4.79 Å². The molecule has 0 bridgehead atoms. The van der Waals surface area contributed by atoms with Gasteiger partial charge in [0.05, 0.1) is 17.6 Å². The van der Waals surface area contributed by atoms with Crippen molar-refractivity contribution in [2.24, 2.45) is 5.10 Å². The zero-order valence-electron chi connectivity index (χ0n) is 24.0. The van der Waals surface area contributed by atoms with Crippen molar-refractivity contribution in [3.8, 4) is 33.9 Å². The van der Waals surface area contributed by atoms with Gasteiger partial charge in [0.1, 0.15) is 0 Å². The molecule has 5 nitrogen and oxygen atoms in total. The number of hydrogen-bond donors (Lipinski definition) is 1. The third-order valence-electron chi connectivity index (χ3n) is 7.47. The summed E-state index contributed by atoms with van der Waals surface area (Å²) in [6.45, 7) is 6.23. The van der Waals surface area contributed by atoms with Crippen molar-refractivity contribution in [3.63, 3.8) is 0 Å². The number of hydrogen-bond acceptors (Lipinski definition) is 2. The normalized spacial score (nSPS) is 11.2. The molecule has 6 rings (SSSR count). The van der Waals surface area contributed by atoms with Gasteiger partial charge in [-0.1, -0.05) is 78.4 Å². The summed E-state index contributed by atoms with van der Waals surface area (Å²) >= 11 is 0. The fourth-order valence-electron chi connectivity index (χ4n) is 5.37. The van der Waals surface area contributed by atoms with Crippen molar-refractivity contribution >= 4 is 12.1 Å². The van der Waals surface area contributed by atoms with Crippen LogP contribution in [0.25, 0.3) is 33.9 Å². The number of nitrogens with zero attached hydrogens (tertiary/aromatic N) is 3. The molecule has 0 saturated carbocycles. The number of hydrazone groups is 1. The van der Waals surface area contributed by atoms with Crippen molar-refractivity contribution in [2.75, 3.05) is 0 Å². The zero-order chi connectivity index (χ0) is 29.1. The molecule has 0 spiro atoms. The molecule has 206 valence electrons. The van der Waals surface area contributed by atoms with E-state index in [1.54, 1.807) is 6.21 Å². The molecule has 0 aliphatic carbocycles. The first kappa shape index (κ1) is 26.8. The van der Waals surface area contributed by atoms with Gasteiger partial charge in [-0.05, 0) is 86.5 Å². The van der Waals surface area contributed by atoms with E-state index in [4.69, 9.17) is 0 Å². The van der Waals surface area contributed by atoms with Crippen molar-refractivity contribution in [3.05, 3.63) is 155 Å². The summed E-state index contributed by atoms with van der Waals surface area (Å²) in [5.41, 5.74) is 13.9. The second-order valence-electron chi connectivity index (χ2n) is 10.4. The third kappa shape index (κ3) is 5.32. The predicted molar refractivity (Wildman–Crippen MR) is 172 cm³/mol. The molecule has 0 aliphatic heterocycles. The van der Waals surface area contributed by atoms with E-state index >= 15 is 0 Å². The van der Waals surface area contributed by atoms with E-state index in [2.05, 4.69) is 107 Å². The minimum atomic E-state index is -0.263. The first-order chi connectivity index (χ1) is 20.5. The van der Waals surface area contributed by atoms with Gasteiger partial charge >= 0.3 is 0 Å². The van der Waals surface area contributed by atoms with Crippen LogP contribution in [0, 0.1) is 20.8 Å². The minimum Gasteiger partial charge on any atom is -0.319 e. The molecule has 0 radical (unpaired) electrons. The highest BCUT2D eigenvalue weighted by Gasteiger charge is 2.19. The van der Waals surface area contributed by atoms with Crippen LogP contribution in [0.4, 0.5) is 0 Å².